The summed E-state index contributed by atoms with van der Waals surface area (Å²) in [6.07, 6.45) is 0.988. The van der Waals surface area contributed by atoms with E-state index in [1.54, 1.807) is 4.90 Å². The molecule has 2 amide bonds. The second-order valence-electron chi connectivity index (χ2n) is 8.10. The van der Waals surface area contributed by atoms with E-state index >= 15 is 0 Å². The fourth-order valence-electron chi connectivity index (χ4n) is 3.81. The van der Waals surface area contributed by atoms with Gasteiger partial charge in [0.15, 0.2) is 0 Å². The molecule has 176 valence electrons. The zero-order chi connectivity index (χ0) is 24.5. The van der Waals surface area contributed by atoms with E-state index in [0.29, 0.717) is 12.8 Å². The Morgan fingerprint density at radius 1 is 0.771 bits per heavy atom. The average molecular weight is 481 g/mol. The number of benzene rings is 4. The highest BCUT2D eigenvalue weighted by atomic mass is 32.2. The second-order valence-corrected chi connectivity index (χ2v) is 9.37. The Kier molecular flexibility index (Phi) is 8.36. The van der Waals surface area contributed by atoms with Gasteiger partial charge in [-0.3, -0.25) is 14.5 Å². The molecule has 0 saturated carbocycles. The molecule has 4 aromatic carbocycles. The van der Waals surface area contributed by atoms with Crippen LogP contribution in [0.1, 0.15) is 18.9 Å². The number of anilines is 3. The normalized spacial score (nSPS) is 11.5. The Labute approximate surface area is 211 Å². The molecule has 0 aliphatic rings. The van der Waals surface area contributed by atoms with Gasteiger partial charge >= 0.3 is 0 Å². The highest BCUT2D eigenvalue weighted by molar-refractivity contribution is 8.00. The summed E-state index contributed by atoms with van der Waals surface area (Å²) in [5, 5.41) is 2.69. The van der Waals surface area contributed by atoms with Crippen LogP contribution in [-0.4, -0.2) is 17.1 Å². The first kappa shape index (κ1) is 24.3. The SMILES string of the molecule is CCC(Sc1cccc(NC(=O)Cc2ccccc2)c1)C(=O)N(c1ccccc1)c1ccccc1. The van der Waals surface area contributed by atoms with Crippen LogP contribution in [0.15, 0.2) is 120 Å². The minimum atomic E-state index is -0.286. The van der Waals surface area contributed by atoms with Gasteiger partial charge in [-0.15, -0.1) is 11.8 Å². The molecule has 5 heteroatoms. The zero-order valence-corrected chi connectivity index (χ0v) is 20.4. The summed E-state index contributed by atoms with van der Waals surface area (Å²) in [6.45, 7) is 2.02. The molecule has 4 rings (SSSR count). The third-order valence-electron chi connectivity index (χ3n) is 5.50. The number of carbonyl (C=O) groups is 2. The number of hydrogen-bond acceptors (Lipinski definition) is 3. The van der Waals surface area contributed by atoms with E-state index in [9.17, 15) is 9.59 Å². The molecule has 0 aliphatic heterocycles. The number of hydrogen-bond donors (Lipinski definition) is 1. The van der Waals surface area contributed by atoms with E-state index in [1.165, 1.54) is 11.8 Å². The summed E-state index contributed by atoms with van der Waals surface area (Å²) in [4.78, 5) is 29.0. The van der Waals surface area contributed by atoms with E-state index in [0.717, 1.165) is 27.5 Å². The van der Waals surface area contributed by atoms with Crippen LogP contribution in [0.3, 0.4) is 0 Å². The molecule has 0 aromatic heterocycles. The first-order valence-electron chi connectivity index (χ1n) is 11.7. The van der Waals surface area contributed by atoms with Crippen molar-refractivity contribution in [2.24, 2.45) is 0 Å². The van der Waals surface area contributed by atoms with Crippen LogP contribution >= 0.6 is 11.8 Å². The Morgan fingerprint density at radius 3 is 1.91 bits per heavy atom. The summed E-state index contributed by atoms with van der Waals surface area (Å²) in [5.41, 5.74) is 3.37. The van der Waals surface area contributed by atoms with Crippen molar-refractivity contribution in [1.29, 1.82) is 0 Å². The van der Waals surface area contributed by atoms with Gasteiger partial charge in [-0.1, -0.05) is 79.7 Å². The van der Waals surface area contributed by atoms with Gasteiger partial charge < -0.3 is 5.32 Å². The first-order chi connectivity index (χ1) is 17.1. The van der Waals surface area contributed by atoms with Crippen LogP contribution in [0.25, 0.3) is 0 Å². The van der Waals surface area contributed by atoms with Gasteiger partial charge in [0.05, 0.1) is 11.7 Å². The number of thioether (sulfide) groups is 1. The predicted octanol–water partition coefficient (Wildman–Crippen LogP) is 7.10. The largest absolute Gasteiger partial charge is 0.326 e. The maximum Gasteiger partial charge on any atom is 0.245 e. The van der Waals surface area contributed by atoms with Crippen molar-refractivity contribution in [2.45, 2.75) is 29.9 Å². The smallest absolute Gasteiger partial charge is 0.245 e. The van der Waals surface area contributed by atoms with E-state index in [-0.39, 0.29) is 17.1 Å². The summed E-state index contributed by atoms with van der Waals surface area (Å²) in [5.74, 6) is -0.0470. The second kappa shape index (κ2) is 12.0. The lowest BCUT2D eigenvalue weighted by Gasteiger charge is -2.27. The fourth-order valence-corrected chi connectivity index (χ4v) is 4.86. The van der Waals surface area contributed by atoms with Crippen LogP contribution in [-0.2, 0) is 16.0 Å². The van der Waals surface area contributed by atoms with Gasteiger partial charge in [-0.05, 0) is 54.4 Å². The first-order valence-corrected chi connectivity index (χ1v) is 12.6. The van der Waals surface area contributed by atoms with Crippen molar-refractivity contribution in [1.82, 2.24) is 0 Å². The Bertz CT molecular complexity index is 1210. The van der Waals surface area contributed by atoms with Crippen LogP contribution in [0.5, 0.6) is 0 Å². The molecule has 1 atom stereocenters. The topological polar surface area (TPSA) is 49.4 Å². The van der Waals surface area contributed by atoms with Crippen molar-refractivity contribution < 1.29 is 9.59 Å². The van der Waals surface area contributed by atoms with Crippen LogP contribution in [0.2, 0.25) is 0 Å². The van der Waals surface area contributed by atoms with Crippen LogP contribution < -0.4 is 10.2 Å². The molecule has 1 N–H and O–H groups in total. The predicted molar refractivity (Wildman–Crippen MR) is 145 cm³/mol. The van der Waals surface area contributed by atoms with Crippen molar-refractivity contribution in [3.63, 3.8) is 0 Å². The average Bonchev–Trinajstić information content (AvgIpc) is 2.89. The number of para-hydroxylation sites is 2. The summed E-state index contributed by atoms with van der Waals surface area (Å²) >= 11 is 1.52. The molecule has 0 heterocycles. The summed E-state index contributed by atoms with van der Waals surface area (Å²) in [6, 6.07) is 36.8. The van der Waals surface area contributed by atoms with E-state index in [1.807, 2.05) is 122 Å². The van der Waals surface area contributed by atoms with Gasteiger partial charge in [0.2, 0.25) is 11.8 Å². The molecule has 4 nitrogen and oxygen atoms in total. The van der Waals surface area contributed by atoms with Crippen molar-refractivity contribution in [2.75, 3.05) is 10.2 Å². The van der Waals surface area contributed by atoms with Crippen molar-refractivity contribution >= 4 is 40.6 Å². The number of nitrogens with one attached hydrogen (secondary N) is 1. The molecule has 0 spiro atoms. The van der Waals surface area contributed by atoms with Crippen LogP contribution in [0.4, 0.5) is 17.1 Å². The van der Waals surface area contributed by atoms with Gasteiger partial charge in [0.1, 0.15) is 0 Å². The van der Waals surface area contributed by atoms with E-state index in [4.69, 9.17) is 0 Å². The minimum absolute atomic E-state index is 0.0217. The van der Waals surface area contributed by atoms with Crippen molar-refractivity contribution in [3.05, 3.63) is 121 Å². The highest BCUT2D eigenvalue weighted by Gasteiger charge is 2.26. The van der Waals surface area contributed by atoms with Gasteiger partial charge in [-0.25, -0.2) is 0 Å². The number of nitrogens with zero attached hydrogens (tertiary/aromatic N) is 1. The van der Waals surface area contributed by atoms with Gasteiger partial charge in [0, 0.05) is 22.0 Å². The quantitative estimate of drug-likeness (QED) is 0.260. The standard InChI is InChI=1S/C30H28N2O2S/c1-2-28(30(34)32(25-16-8-4-9-17-25)26-18-10-5-11-19-26)35-27-20-12-15-24(22-27)31-29(33)21-23-13-6-3-7-14-23/h3-20,22,28H,2,21H2,1H3,(H,31,33). The molecular formula is C30H28N2O2S. The highest BCUT2D eigenvalue weighted by Crippen LogP contribution is 2.33. The summed E-state index contributed by atoms with van der Waals surface area (Å²) < 4.78 is 0. The number of rotatable bonds is 9. The maximum atomic E-state index is 13.8. The van der Waals surface area contributed by atoms with Crippen molar-refractivity contribution in [3.8, 4) is 0 Å². The molecular weight excluding hydrogens is 452 g/mol. The third kappa shape index (κ3) is 6.61. The lowest BCUT2D eigenvalue weighted by Crippen LogP contribution is -2.34. The van der Waals surface area contributed by atoms with E-state index in [2.05, 4.69) is 5.32 Å². The Balaban J connectivity index is 1.50. The molecule has 0 aliphatic carbocycles. The lowest BCUT2D eigenvalue weighted by molar-refractivity contribution is -0.117. The fraction of sp³-hybridized carbons (Fsp3) is 0.133. The molecule has 0 bridgehead atoms. The Morgan fingerprint density at radius 2 is 1.34 bits per heavy atom. The van der Waals surface area contributed by atoms with Crippen LogP contribution in [0, 0.1) is 0 Å². The van der Waals surface area contributed by atoms with Gasteiger partial charge in [0.25, 0.3) is 0 Å². The molecule has 0 saturated heterocycles. The molecule has 1 unspecified atom stereocenters. The minimum Gasteiger partial charge on any atom is -0.326 e. The number of amides is 2. The monoisotopic (exact) mass is 480 g/mol. The molecule has 35 heavy (non-hydrogen) atoms. The molecule has 0 fully saturated rings. The lowest BCUT2D eigenvalue weighted by atomic mass is 10.1. The Hall–Kier alpha value is -3.83. The maximum absolute atomic E-state index is 13.8. The summed E-state index contributed by atoms with van der Waals surface area (Å²) in [7, 11) is 0. The number of carbonyl (C=O) groups excluding carboxylic acids is 2. The zero-order valence-electron chi connectivity index (χ0n) is 19.6. The van der Waals surface area contributed by atoms with E-state index < -0.39 is 0 Å². The molecule has 4 aromatic rings. The molecule has 0 radical (unpaired) electrons. The third-order valence-corrected chi connectivity index (χ3v) is 6.84. The van der Waals surface area contributed by atoms with Gasteiger partial charge in [-0.2, -0.15) is 0 Å².